The summed E-state index contributed by atoms with van der Waals surface area (Å²) in [6.07, 6.45) is 12.0. The third-order valence-electron chi connectivity index (χ3n) is 3.36. The van der Waals surface area contributed by atoms with Crippen molar-refractivity contribution in [1.29, 1.82) is 0 Å². The van der Waals surface area contributed by atoms with Crippen molar-refractivity contribution >= 4 is 18.2 Å². The van der Waals surface area contributed by atoms with Gasteiger partial charge < -0.3 is 10.4 Å². The molecule has 1 radical (unpaired) electrons. The summed E-state index contributed by atoms with van der Waals surface area (Å²) in [6, 6.07) is -1.03. The lowest BCUT2D eigenvalue weighted by Gasteiger charge is -2.09. The second-order valence-corrected chi connectivity index (χ2v) is 5.41. The number of carboxylic acid groups (broad SMARTS) is 1. The maximum absolute atomic E-state index is 11.5. The highest BCUT2D eigenvalue weighted by molar-refractivity contribution is 5.82. The van der Waals surface area contributed by atoms with Gasteiger partial charge in [0, 0.05) is 6.42 Å². The summed E-state index contributed by atoms with van der Waals surface area (Å²) in [6.45, 7) is 2.20. The minimum atomic E-state index is -1.12. The molecule has 0 aromatic heterocycles. The van der Waals surface area contributed by atoms with E-state index >= 15 is 0 Å². The van der Waals surface area contributed by atoms with Crippen molar-refractivity contribution in [3.05, 3.63) is 0 Å². The van der Waals surface area contributed by atoms with Gasteiger partial charge in [0.25, 0.3) is 0 Å². The average molecular weight is 298 g/mol. The van der Waals surface area contributed by atoms with Gasteiger partial charge in [-0.15, -0.1) is 0 Å². The molecule has 1 atom stereocenters. The Bertz CT molecular complexity index is 305. The number of carboxylic acids is 1. The number of amides is 1. The molecule has 0 aromatic rings. The molecule has 0 heterocycles. The number of nitrogens with one attached hydrogen (secondary N) is 1. The lowest BCUT2D eigenvalue weighted by atomic mass is 10.1. The molecule has 5 heteroatoms. The van der Waals surface area contributed by atoms with Crippen LogP contribution in [0.5, 0.6) is 0 Å². The van der Waals surface area contributed by atoms with Gasteiger partial charge in [-0.2, -0.15) is 0 Å². The fourth-order valence-electron chi connectivity index (χ4n) is 2.16. The number of rotatable bonds is 14. The third-order valence-corrected chi connectivity index (χ3v) is 3.36. The van der Waals surface area contributed by atoms with E-state index in [1.165, 1.54) is 44.8 Å². The van der Waals surface area contributed by atoms with Crippen LogP contribution in [0.1, 0.15) is 77.6 Å². The first-order valence-electron chi connectivity index (χ1n) is 7.99. The van der Waals surface area contributed by atoms with Crippen LogP contribution in [0.3, 0.4) is 0 Å². The smallest absolute Gasteiger partial charge is 0.305 e. The second-order valence-electron chi connectivity index (χ2n) is 5.41. The number of hydrogen-bond donors (Lipinski definition) is 2. The highest BCUT2D eigenvalue weighted by Crippen LogP contribution is 2.10. The summed E-state index contributed by atoms with van der Waals surface area (Å²) in [5.74, 6) is -1.39. The Balaban J connectivity index is 3.48. The summed E-state index contributed by atoms with van der Waals surface area (Å²) < 4.78 is 0. The summed E-state index contributed by atoms with van der Waals surface area (Å²) in [5, 5.41) is 10.9. The van der Waals surface area contributed by atoms with Crippen LogP contribution in [0.2, 0.25) is 0 Å². The number of aliphatic carboxylic acids is 1. The minimum absolute atomic E-state index is 0.271. The van der Waals surface area contributed by atoms with Crippen molar-refractivity contribution < 1.29 is 19.5 Å². The van der Waals surface area contributed by atoms with Crippen LogP contribution in [0.25, 0.3) is 0 Å². The topological polar surface area (TPSA) is 83.5 Å². The predicted octanol–water partition coefficient (Wildman–Crippen LogP) is 2.98. The van der Waals surface area contributed by atoms with E-state index in [1.807, 2.05) is 0 Å². The number of unbranched alkanes of at least 4 members (excludes halogenated alkanes) is 8. The maximum atomic E-state index is 11.5. The van der Waals surface area contributed by atoms with E-state index in [-0.39, 0.29) is 5.91 Å². The molecule has 0 rings (SSSR count). The van der Waals surface area contributed by atoms with Crippen LogP contribution in [0.15, 0.2) is 0 Å². The molecule has 5 nitrogen and oxygen atoms in total. The fourth-order valence-corrected chi connectivity index (χ4v) is 2.16. The second kappa shape index (κ2) is 13.6. The van der Waals surface area contributed by atoms with E-state index in [4.69, 9.17) is 5.11 Å². The van der Waals surface area contributed by atoms with Crippen LogP contribution in [-0.2, 0) is 14.4 Å². The van der Waals surface area contributed by atoms with E-state index in [1.54, 1.807) is 0 Å². The molecule has 0 aliphatic carbocycles. The Hall–Kier alpha value is -1.39. The van der Waals surface area contributed by atoms with Crippen molar-refractivity contribution in [2.75, 3.05) is 0 Å². The normalized spacial score (nSPS) is 11.9. The Morgan fingerprint density at radius 1 is 1.00 bits per heavy atom. The zero-order valence-corrected chi connectivity index (χ0v) is 13.0. The number of carbonyl (C=O) groups excluding carboxylic acids is 2. The van der Waals surface area contributed by atoms with Crippen molar-refractivity contribution in [2.45, 2.75) is 83.6 Å². The van der Waals surface area contributed by atoms with E-state index in [0.29, 0.717) is 6.42 Å². The van der Waals surface area contributed by atoms with Gasteiger partial charge in [-0.3, -0.25) is 14.4 Å². The van der Waals surface area contributed by atoms with E-state index in [9.17, 15) is 14.4 Å². The molecule has 0 saturated carbocycles. The molecule has 0 spiro atoms. The van der Waals surface area contributed by atoms with Gasteiger partial charge in [0.15, 0.2) is 0 Å². The van der Waals surface area contributed by atoms with Crippen molar-refractivity contribution in [3.63, 3.8) is 0 Å². The first-order valence-corrected chi connectivity index (χ1v) is 7.99. The highest BCUT2D eigenvalue weighted by Gasteiger charge is 2.15. The minimum Gasteiger partial charge on any atom is -0.481 e. The van der Waals surface area contributed by atoms with E-state index in [0.717, 1.165) is 19.3 Å². The quantitative estimate of drug-likeness (QED) is 0.483. The summed E-state index contributed by atoms with van der Waals surface area (Å²) in [5.41, 5.74) is 0. The van der Waals surface area contributed by atoms with Gasteiger partial charge in [-0.05, 0) is 6.42 Å². The molecule has 0 aromatic carbocycles. The first-order chi connectivity index (χ1) is 10.1. The first kappa shape index (κ1) is 19.6. The van der Waals surface area contributed by atoms with Crippen LogP contribution >= 0.6 is 0 Å². The molecule has 0 fully saturated rings. The zero-order chi connectivity index (χ0) is 15.9. The van der Waals surface area contributed by atoms with Gasteiger partial charge in [-0.25, -0.2) is 0 Å². The fraction of sp³-hybridized carbons (Fsp3) is 0.812. The molecule has 0 bridgehead atoms. The highest BCUT2D eigenvalue weighted by atomic mass is 16.4. The maximum Gasteiger partial charge on any atom is 0.305 e. The Morgan fingerprint density at radius 2 is 1.52 bits per heavy atom. The van der Waals surface area contributed by atoms with E-state index in [2.05, 4.69) is 12.2 Å². The molecule has 0 aliphatic rings. The number of hydrogen-bond acceptors (Lipinski definition) is 3. The molecule has 0 unspecified atom stereocenters. The standard InChI is InChI=1S/C16H28NO4/c1-2-3-4-5-6-7-8-9-10-11-15(19)17-14(13-18)12-16(20)21/h14H,2-12H2,1H3,(H,17,19)(H,20,21)/t14-/m1/s1. The molecular weight excluding hydrogens is 270 g/mol. The summed E-state index contributed by atoms with van der Waals surface area (Å²) in [7, 11) is 0. The van der Waals surface area contributed by atoms with Crippen molar-refractivity contribution in [2.24, 2.45) is 0 Å². The molecule has 0 saturated heterocycles. The third kappa shape index (κ3) is 13.4. The van der Waals surface area contributed by atoms with Crippen molar-refractivity contribution in [1.82, 2.24) is 5.32 Å². The Kier molecular flexibility index (Phi) is 12.7. The van der Waals surface area contributed by atoms with Gasteiger partial charge in [0.1, 0.15) is 6.04 Å². The lowest BCUT2D eigenvalue weighted by Crippen LogP contribution is -2.37. The molecule has 0 aliphatic heterocycles. The van der Waals surface area contributed by atoms with Gasteiger partial charge >= 0.3 is 5.97 Å². The van der Waals surface area contributed by atoms with Gasteiger partial charge in [0.05, 0.1) is 6.42 Å². The van der Waals surface area contributed by atoms with Crippen LogP contribution in [0, 0.1) is 0 Å². The van der Waals surface area contributed by atoms with Crippen LogP contribution < -0.4 is 5.32 Å². The monoisotopic (exact) mass is 298 g/mol. The molecule has 121 valence electrons. The number of carbonyl (C=O) groups is 2. The Morgan fingerprint density at radius 3 is 2.00 bits per heavy atom. The van der Waals surface area contributed by atoms with Crippen molar-refractivity contribution in [3.8, 4) is 0 Å². The van der Waals surface area contributed by atoms with E-state index < -0.39 is 18.4 Å². The molecular formula is C16H28NO4. The lowest BCUT2D eigenvalue weighted by molar-refractivity contribution is -0.137. The predicted molar refractivity (Wildman–Crippen MR) is 81.7 cm³/mol. The SMILES string of the molecule is CCCCCCCCCCCC(=O)N[C@@H]([C]=O)CC(=O)O. The summed E-state index contributed by atoms with van der Waals surface area (Å²) in [4.78, 5) is 32.5. The van der Waals surface area contributed by atoms with Crippen LogP contribution in [-0.4, -0.2) is 29.3 Å². The van der Waals surface area contributed by atoms with Gasteiger partial charge in [0.2, 0.25) is 12.2 Å². The molecule has 1 amide bonds. The average Bonchev–Trinajstić information content (AvgIpc) is 2.44. The Labute approximate surface area is 127 Å². The molecule has 2 N–H and O–H groups in total. The largest absolute Gasteiger partial charge is 0.481 e. The summed E-state index contributed by atoms with van der Waals surface area (Å²) >= 11 is 0. The van der Waals surface area contributed by atoms with Gasteiger partial charge in [-0.1, -0.05) is 58.3 Å². The molecule has 21 heavy (non-hydrogen) atoms. The zero-order valence-electron chi connectivity index (χ0n) is 13.0. The van der Waals surface area contributed by atoms with Crippen LogP contribution in [0.4, 0.5) is 0 Å².